The third-order valence-electron chi connectivity index (χ3n) is 5.95. The van der Waals surface area contributed by atoms with Crippen molar-refractivity contribution < 1.29 is 34.0 Å². The number of carboxylic acids is 1. The maximum absolute atomic E-state index is 14.7. The molecule has 1 unspecified atom stereocenters. The summed E-state index contributed by atoms with van der Waals surface area (Å²) < 4.78 is 25.7. The molecule has 0 aromatic carbocycles. The monoisotopic (exact) mass is 428 g/mol. The van der Waals surface area contributed by atoms with E-state index < -0.39 is 42.1 Å². The predicted octanol–water partition coefficient (Wildman–Crippen LogP) is 3.97. The molecule has 1 saturated carbocycles. The highest BCUT2D eigenvalue weighted by molar-refractivity contribution is 5.73. The van der Waals surface area contributed by atoms with Crippen molar-refractivity contribution in [3.05, 3.63) is 23.7 Å². The molecule has 1 aliphatic heterocycles. The number of rotatable bonds is 10. The Kier molecular flexibility index (Phi) is 8.88. The second-order valence-electron chi connectivity index (χ2n) is 9.58. The van der Waals surface area contributed by atoms with E-state index in [0.29, 0.717) is 19.3 Å². The molecule has 2 rings (SSSR count). The summed E-state index contributed by atoms with van der Waals surface area (Å²) in [6.45, 7) is 6.83. The van der Waals surface area contributed by atoms with Crippen molar-refractivity contribution in [2.45, 2.75) is 90.6 Å². The van der Waals surface area contributed by atoms with Crippen molar-refractivity contribution in [1.29, 1.82) is 0 Å². The zero-order valence-electron chi connectivity index (χ0n) is 18.5. The fourth-order valence-electron chi connectivity index (χ4n) is 4.28. The van der Waals surface area contributed by atoms with Crippen molar-refractivity contribution in [3.8, 4) is 0 Å². The van der Waals surface area contributed by atoms with Gasteiger partial charge in [0, 0.05) is 24.7 Å². The van der Waals surface area contributed by atoms with E-state index in [1.807, 2.05) is 6.08 Å². The molecule has 6 nitrogen and oxygen atoms in total. The second-order valence-corrected chi connectivity index (χ2v) is 9.58. The van der Waals surface area contributed by atoms with Gasteiger partial charge < -0.3 is 24.8 Å². The highest BCUT2D eigenvalue weighted by Gasteiger charge is 2.48. The minimum absolute atomic E-state index is 0.0715. The number of allylic oxidation sites excluding steroid dienone is 1. The smallest absolute Gasteiger partial charge is 0.333 e. The summed E-state index contributed by atoms with van der Waals surface area (Å²) in [5, 5.41) is 29.8. The number of carboxylic acid groups (broad SMARTS) is 1. The topological polar surface area (TPSA) is 96.2 Å². The molecular formula is C23H37FO6. The molecule has 0 amide bonds. The van der Waals surface area contributed by atoms with E-state index in [2.05, 4.69) is 6.92 Å². The van der Waals surface area contributed by atoms with Crippen molar-refractivity contribution in [1.82, 2.24) is 0 Å². The Hall–Kier alpha value is -1.44. The molecule has 172 valence electrons. The van der Waals surface area contributed by atoms with E-state index in [1.54, 1.807) is 26.8 Å². The molecule has 0 aromatic rings. The van der Waals surface area contributed by atoms with Gasteiger partial charge in [0.2, 0.25) is 0 Å². The first kappa shape index (κ1) is 24.8. The predicted molar refractivity (Wildman–Crippen MR) is 111 cm³/mol. The Balaban J connectivity index is 1.97. The first-order chi connectivity index (χ1) is 14.0. The van der Waals surface area contributed by atoms with Gasteiger partial charge in [0.25, 0.3) is 0 Å². The van der Waals surface area contributed by atoms with Gasteiger partial charge in [-0.3, -0.25) is 0 Å². The van der Waals surface area contributed by atoms with E-state index in [1.165, 1.54) is 0 Å². The van der Waals surface area contributed by atoms with Gasteiger partial charge in [0.1, 0.15) is 18.5 Å². The molecule has 30 heavy (non-hydrogen) atoms. The van der Waals surface area contributed by atoms with Crippen molar-refractivity contribution in [2.75, 3.05) is 6.61 Å². The van der Waals surface area contributed by atoms with Crippen LogP contribution in [0.1, 0.15) is 66.2 Å². The van der Waals surface area contributed by atoms with Gasteiger partial charge in [0.15, 0.2) is 11.9 Å². The highest BCUT2D eigenvalue weighted by atomic mass is 19.1. The summed E-state index contributed by atoms with van der Waals surface area (Å²) in [5.41, 5.74) is -0.665. The van der Waals surface area contributed by atoms with E-state index in [0.717, 1.165) is 19.3 Å². The molecule has 7 heteroatoms. The van der Waals surface area contributed by atoms with Crippen LogP contribution in [0, 0.1) is 17.3 Å². The first-order valence-corrected chi connectivity index (χ1v) is 11.0. The molecule has 2 fully saturated rings. The second kappa shape index (κ2) is 10.7. The summed E-state index contributed by atoms with van der Waals surface area (Å²) in [6.07, 6.45) is 5.56. The van der Waals surface area contributed by atoms with Crippen LogP contribution < -0.4 is 0 Å². The number of unbranched alkanes of at least 4 members (excludes halogenated alkanes) is 2. The van der Waals surface area contributed by atoms with E-state index in [9.17, 15) is 24.5 Å². The van der Waals surface area contributed by atoms with Gasteiger partial charge in [0.05, 0.1) is 12.2 Å². The van der Waals surface area contributed by atoms with Gasteiger partial charge in [-0.15, -0.1) is 0 Å². The van der Waals surface area contributed by atoms with Gasteiger partial charge >= 0.3 is 5.97 Å². The Morgan fingerprint density at radius 2 is 2.07 bits per heavy atom. The zero-order chi connectivity index (χ0) is 22.5. The highest BCUT2D eigenvalue weighted by Crippen LogP contribution is 2.46. The number of ether oxygens (including phenoxy) is 2. The molecule has 0 radical (unpaired) electrons. The summed E-state index contributed by atoms with van der Waals surface area (Å²) in [4.78, 5) is 11.4. The summed E-state index contributed by atoms with van der Waals surface area (Å²) in [6, 6.07) is 0. The molecule has 2 aliphatic rings. The maximum Gasteiger partial charge on any atom is 0.333 e. The van der Waals surface area contributed by atoms with Gasteiger partial charge in [-0.2, -0.15) is 0 Å². The largest absolute Gasteiger partial charge is 0.492 e. The Morgan fingerprint density at radius 1 is 1.37 bits per heavy atom. The van der Waals surface area contributed by atoms with Crippen LogP contribution in [-0.2, 0) is 14.3 Å². The lowest BCUT2D eigenvalue weighted by molar-refractivity contribution is -0.157. The Bertz CT molecular complexity index is 638. The number of aliphatic hydroxyl groups is 2. The van der Waals surface area contributed by atoms with Crippen molar-refractivity contribution >= 4 is 5.97 Å². The van der Waals surface area contributed by atoms with Crippen LogP contribution in [0.15, 0.2) is 23.7 Å². The lowest BCUT2D eigenvalue weighted by Gasteiger charge is -2.26. The molecule has 6 atom stereocenters. The Labute approximate surface area is 178 Å². The fourth-order valence-corrected chi connectivity index (χ4v) is 4.28. The van der Waals surface area contributed by atoms with Crippen LogP contribution in [0.3, 0.4) is 0 Å². The molecule has 3 N–H and O–H groups in total. The molecule has 1 aliphatic carbocycles. The normalized spacial score (nSPS) is 30.2. The molecule has 0 bridgehead atoms. The molecule has 0 spiro atoms. The fraction of sp³-hybridized carbons (Fsp3) is 0.783. The number of aliphatic hydroxyl groups excluding tert-OH is 2. The van der Waals surface area contributed by atoms with Crippen LogP contribution in [0.25, 0.3) is 0 Å². The number of halogens is 1. The summed E-state index contributed by atoms with van der Waals surface area (Å²) >= 11 is 0. The number of carbonyl (C=O) groups is 1. The summed E-state index contributed by atoms with van der Waals surface area (Å²) in [5.74, 6) is -1.83. The van der Waals surface area contributed by atoms with Gasteiger partial charge in [-0.25, -0.2) is 9.18 Å². The third-order valence-corrected chi connectivity index (χ3v) is 5.95. The van der Waals surface area contributed by atoms with E-state index in [-0.39, 0.29) is 23.7 Å². The third kappa shape index (κ3) is 6.53. The van der Waals surface area contributed by atoms with Gasteiger partial charge in [-0.1, -0.05) is 59.1 Å². The molecule has 1 heterocycles. The average Bonchev–Trinajstić information content (AvgIpc) is 3.16. The molecule has 1 saturated heterocycles. The molecule has 0 aromatic heterocycles. The van der Waals surface area contributed by atoms with Crippen LogP contribution in [0.4, 0.5) is 4.39 Å². The van der Waals surface area contributed by atoms with Crippen LogP contribution in [0.2, 0.25) is 0 Å². The molecular weight excluding hydrogens is 391 g/mol. The van der Waals surface area contributed by atoms with Crippen molar-refractivity contribution in [3.63, 3.8) is 0 Å². The maximum atomic E-state index is 14.7. The lowest BCUT2D eigenvalue weighted by atomic mass is 9.89. The average molecular weight is 429 g/mol. The van der Waals surface area contributed by atoms with Gasteiger partial charge in [-0.05, 0) is 11.8 Å². The minimum Gasteiger partial charge on any atom is -0.492 e. The van der Waals surface area contributed by atoms with Crippen molar-refractivity contribution in [2.24, 2.45) is 17.3 Å². The van der Waals surface area contributed by atoms with E-state index >= 15 is 0 Å². The van der Waals surface area contributed by atoms with E-state index in [4.69, 9.17) is 9.47 Å². The quantitative estimate of drug-likeness (QED) is 0.360. The number of hydrogen-bond acceptors (Lipinski definition) is 5. The SMILES string of the molecule is CCCCC[C@H](O)/C=C/[C@@H]1[C@@H]2C/C(=C(\F)COC(C(=O)O)C(C)(C)C)O[C@H]2C[C@H]1O. The minimum atomic E-state index is -1.13. The van der Waals surface area contributed by atoms with Crippen LogP contribution in [-0.4, -0.2) is 52.3 Å². The number of aliphatic carboxylic acids is 1. The van der Waals surface area contributed by atoms with Crippen LogP contribution >= 0.6 is 0 Å². The first-order valence-electron chi connectivity index (χ1n) is 11.0. The zero-order valence-corrected chi connectivity index (χ0v) is 18.5. The Morgan fingerprint density at radius 3 is 2.67 bits per heavy atom. The lowest BCUT2D eigenvalue weighted by Crippen LogP contribution is -2.37. The standard InChI is InChI=1S/C23H37FO6/c1-5-6-7-8-14(25)9-10-15-16-11-20(30-19(16)12-18(15)26)17(24)13-29-21(22(27)28)23(2,3)4/h9-10,14-16,18-19,21,25-26H,5-8,11-13H2,1-4H3,(H,27,28)/b10-9+,20-17+/t14-,15+,16-,18+,19-,21?/m0/s1. The number of hydrogen-bond donors (Lipinski definition) is 3. The van der Waals surface area contributed by atoms with Crippen LogP contribution in [0.5, 0.6) is 0 Å². The number of fused-ring (bicyclic) bond motifs is 1. The summed E-state index contributed by atoms with van der Waals surface area (Å²) in [7, 11) is 0.